The van der Waals surface area contributed by atoms with Gasteiger partial charge in [0.1, 0.15) is 18.2 Å². The molecule has 5 heteroatoms. The highest BCUT2D eigenvalue weighted by Gasteiger charge is 2.07. The lowest BCUT2D eigenvalue weighted by Gasteiger charge is -2.11. The minimum absolute atomic E-state index is 0.00327. The monoisotopic (exact) mass is 366 g/mol. The predicted molar refractivity (Wildman–Crippen MR) is 90.4 cm³/mol. The van der Waals surface area contributed by atoms with E-state index in [4.69, 9.17) is 27.5 Å². The van der Waals surface area contributed by atoms with Crippen LogP contribution >= 0.6 is 27.5 Å². The number of benzene rings is 2. The fourth-order valence-electron chi connectivity index (χ4n) is 1.98. The van der Waals surface area contributed by atoms with Crippen molar-refractivity contribution < 1.29 is 4.74 Å². The van der Waals surface area contributed by atoms with Crippen molar-refractivity contribution in [2.75, 3.05) is 0 Å². The van der Waals surface area contributed by atoms with E-state index in [0.717, 1.165) is 26.9 Å². The molecule has 0 aliphatic rings. The summed E-state index contributed by atoms with van der Waals surface area (Å²) >= 11 is 9.72. The lowest BCUT2D eigenvalue weighted by Crippen LogP contribution is -2.11. The molecule has 0 spiro atoms. The minimum atomic E-state index is 0.00327. The first-order chi connectivity index (χ1) is 9.88. The van der Waals surface area contributed by atoms with Gasteiger partial charge in [-0.15, -0.1) is 0 Å². The fraction of sp³-hybridized carbons (Fsp3) is 0.188. The Morgan fingerprint density at radius 1 is 1.24 bits per heavy atom. The molecule has 0 amide bonds. The number of nitrogen functional groups attached to an aromatic ring is 1. The fourth-order valence-corrected chi connectivity index (χ4v) is 2.45. The molecule has 0 saturated heterocycles. The van der Waals surface area contributed by atoms with Gasteiger partial charge in [-0.25, -0.2) is 0 Å². The Morgan fingerprint density at radius 3 is 2.38 bits per heavy atom. The summed E-state index contributed by atoms with van der Waals surface area (Å²) in [5, 5.41) is 7.94. The van der Waals surface area contributed by atoms with Crippen LogP contribution in [0.1, 0.15) is 22.3 Å². The molecular formula is C16H16BrClN2O. The van der Waals surface area contributed by atoms with Gasteiger partial charge in [-0.1, -0.05) is 39.7 Å². The second-order valence-electron chi connectivity index (χ2n) is 4.88. The number of rotatable bonds is 4. The SMILES string of the molecule is Cc1cc(OCc2ccc(C(=N)N)cc2Cl)cc(C)c1Br. The second-order valence-corrected chi connectivity index (χ2v) is 6.08. The van der Waals surface area contributed by atoms with Gasteiger partial charge in [-0.05, 0) is 43.2 Å². The summed E-state index contributed by atoms with van der Waals surface area (Å²) in [6.07, 6.45) is 0. The normalized spacial score (nSPS) is 10.5. The Hall–Kier alpha value is -1.52. The average molecular weight is 368 g/mol. The molecular weight excluding hydrogens is 352 g/mol. The van der Waals surface area contributed by atoms with E-state index in [1.54, 1.807) is 12.1 Å². The third-order valence-corrected chi connectivity index (χ3v) is 4.77. The summed E-state index contributed by atoms with van der Waals surface area (Å²) in [4.78, 5) is 0. The zero-order chi connectivity index (χ0) is 15.6. The number of hydrogen-bond donors (Lipinski definition) is 2. The molecule has 0 heterocycles. The Balaban J connectivity index is 2.15. The van der Waals surface area contributed by atoms with Crippen LogP contribution < -0.4 is 10.5 Å². The number of nitrogens with two attached hydrogens (primary N) is 1. The van der Waals surface area contributed by atoms with Crippen molar-refractivity contribution in [3.63, 3.8) is 0 Å². The molecule has 2 aromatic carbocycles. The molecule has 110 valence electrons. The molecule has 3 N–H and O–H groups in total. The van der Waals surface area contributed by atoms with E-state index in [1.165, 1.54) is 0 Å². The zero-order valence-electron chi connectivity index (χ0n) is 11.8. The highest BCUT2D eigenvalue weighted by molar-refractivity contribution is 9.10. The summed E-state index contributed by atoms with van der Waals surface area (Å²) in [7, 11) is 0. The predicted octanol–water partition coefficient (Wildman–Crippen LogP) is 4.58. The highest BCUT2D eigenvalue weighted by atomic mass is 79.9. The number of nitrogens with one attached hydrogen (secondary N) is 1. The summed E-state index contributed by atoms with van der Waals surface area (Å²) in [5.74, 6) is 0.809. The van der Waals surface area contributed by atoms with Gasteiger partial charge >= 0.3 is 0 Å². The lowest BCUT2D eigenvalue weighted by molar-refractivity contribution is 0.306. The van der Waals surface area contributed by atoms with Crippen molar-refractivity contribution in [2.24, 2.45) is 5.73 Å². The van der Waals surface area contributed by atoms with Gasteiger partial charge < -0.3 is 10.5 Å². The third-order valence-electron chi connectivity index (χ3n) is 3.17. The molecule has 0 saturated carbocycles. The number of amidine groups is 1. The van der Waals surface area contributed by atoms with Crippen LogP contribution in [0.2, 0.25) is 5.02 Å². The van der Waals surface area contributed by atoms with Gasteiger partial charge in [-0.2, -0.15) is 0 Å². The number of aryl methyl sites for hydroxylation is 2. The summed E-state index contributed by atoms with van der Waals surface area (Å²) in [6, 6.07) is 9.24. The maximum absolute atomic E-state index is 7.39. The van der Waals surface area contributed by atoms with Gasteiger partial charge in [0.05, 0.1) is 0 Å². The van der Waals surface area contributed by atoms with Gasteiger partial charge in [0.15, 0.2) is 0 Å². The smallest absolute Gasteiger partial charge is 0.122 e. The van der Waals surface area contributed by atoms with Gasteiger partial charge in [-0.3, -0.25) is 5.41 Å². The van der Waals surface area contributed by atoms with Gasteiger partial charge in [0.2, 0.25) is 0 Å². The maximum Gasteiger partial charge on any atom is 0.122 e. The van der Waals surface area contributed by atoms with Crippen LogP contribution in [0, 0.1) is 19.3 Å². The Bertz CT molecular complexity index is 678. The Kier molecular flexibility index (Phi) is 4.91. The van der Waals surface area contributed by atoms with E-state index in [1.807, 2.05) is 32.0 Å². The molecule has 0 aliphatic heterocycles. The van der Waals surface area contributed by atoms with Crippen LogP contribution in [0.25, 0.3) is 0 Å². The van der Waals surface area contributed by atoms with Crippen LogP contribution in [0.4, 0.5) is 0 Å². The van der Waals surface area contributed by atoms with E-state index in [-0.39, 0.29) is 5.84 Å². The van der Waals surface area contributed by atoms with Crippen molar-refractivity contribution in [3.8, 4) is 5.75 Å². The molecule has 0 atom stereocenters. The minimum Gasteiger partial charge on any atom is -0.489 e. The largest absolute Gasteiger partial charge is 0.489 e. The van der Waals surface area contributed by atoms with Crippen molar-refractivity contribution in [2.45, 2.75) is 20.5 Å². The molecule has 0 radical (unpaired) electrons. The van der Waals surface area contributed by atoms with Crippen LogP contribution in [0.5, 0.6) is 5.75 Å². The summed E-state index contributed by atoms with van der Waals surface area (Å²) < 4.78 is 6.90. The first-order valence-electron chi connectivity index (χ1n) is 6.41. The molecule has 3 nitrogen and oxygen atoms in total. The van der Waals surface area contributed by atoms with E-state index in [9.17, 15) is 0 Å². The maximum atomic E-state index is 7.39. The average Bonchev–Trinajstić information content (AvgIpc) is 2.43. The Morgan fingerprint density at radius 2 is 1.86 bits per heavy atom. The highest BCUT2D eigenvalue weighted by Crippen LogP contribution is 2.27. The zero-order valence-corrected chi connectivity index (χ0v) is 14.2. The quantitative estimate of drug-likeness (QED) is 0.613. The van der Waals surface area contributed by atoms with Crippen molar-refractivity contribution >= 4 is 33.4 Å². The molecule has 21 heavy (non-hydrogen) atoms. The van der Waals surface area contributed by atoms with E-state index in [2.05, 4.69) is 15.9 Å². The molecule has 0 aromatic heterocycles. The molecule has 0 bridgehead atoms. The van der Waals surface area contributed by atoms with E-state index >= 15 is 0 Å². The van der Waals surface area contributed by atoms with Gasteiger partial charge in [0, 0.05) is 20.6 Å². The molecule has 0 fully saturated rings. The van der Waals surface area contributed by atoms with Crippen LogP contribution in [-0.4, -0.2) is 5.84 Å². The molecule has 0 aliphatic carbocycles. The standard InChI is InChI=1S/C16H16BrClN2O/c1-9-5-13(6-10(2)15(9)17)21-8-12-4-3-11(16(19)20)7-14(12)18/h3-7H,8H2,1-2H3,(H3,19,20). The third kappa shape index (κ3) is 3.77. The van der Waals surface area contributed by atoms with E-state index in [0.29, 0.717) is 17.2 Å². The van der Waals surface area contributed by atoms with Crippen molar-refractivity contribution in [3.05, 3.63) is 62.1 Å². The van der Waals surface area contributed by atoms with Gasteiger partial charge in [0.25, 0.3) is 0 Å². The first-order valence-corrected chi connectivity index (χ1v) is 7.58. The van der Waals surface area contributed by atoms with Crippen LogP contribution in [-0.2, 0) is 6.61 Å². The summed E-state index contributed by atoms with van der Waals surface area (Å²) in [6.45, 7) is 4.43. The van der Waals surface area contributed by atoms with Crippen LogP contribution in [0.15, 0.2) is 34.8 Å². The van der Waals surface area contributed by atoms with Crippen LogP contribution in [0.3, 0.4) is 0 Å². The van der Waals surface area contributed by atoms with Crippen molar-refractivity contribution in [1.29, 1.82) is 5.41 Å². The molecule has 2 rings (SSSR count). The van der Waals surface area contributed by atoms with E-state index < -0.39 is 0 Å². The first kappa shape index (κ1) is 15.9. The number of halogens is 2. The second kappa shape index (κ2) is 6.50. The van der Waals surface area contributed by atoms with Crippen molar-refractivity contribution in [1.82, 2.24) is 0 Å². The molecule has 2 aromatic rings. The topological polar surface area (TPSA) is 59.1 Å². The molecule has 0 unspecified atom stereocenters. The lowest BCUT2D eigenvalue weighted by atomic mass is 10.1. The number of ether oxygens (including phenoxy) is 1. The Labute approximate surface area is 137 Å². The summed E-state index contributed by atoms with van der Waals surface area (Å²) in [5.41, 5.74) is 9.16. The number of hydrogen-bond acceptors (Lipinski definition) is 2.